The van der Waals surface area contributed by atoms with Crippen LogP contribution in [0.5, 0.6) is 0 Å². The van der Waals surface area contributed by atoms with Crippen molar-refractivity contribution in [1.29, 1.82) is 0 Å². The van der Waals surface area contributed by atoms with Crippen LogP contribution >= 0.6 is 12.2 Å². The predicted molar refractivity (Wildman–Crippen MR) is 59.5 cm³/mol. The molecule has 0 spiro atoms. The van der Waals surface area contributed by atoms with E-state index in [9.17, 15) is 4.79 Å². The van der Waals surface area contributed by atoms with Crippen LogP contribution in [0.3, 0.4) is 0 Å². The summed E-state index contributed by atoms with van der Waals surface area (Å²) in [5.74, 6) is -0.207. The Bertz CT molecular complexity index is 381. The van der Waals surface area contributed by atoms with Crippen LogP contribution in [-0.2, 0) is 11.2 Å². The third-order valence-corrected chi connectivity index (χ3v) is 1.97. The Balaban J connectivity index is 2.53. The second kappa shape index (κ2) is 5.43. The van der Waals surface area contributed by atoms with Gasteiger partial charge in [-0.2, -0.15) is 4.99 Å². The molecule has 0 aliphatic rings. The van der Waals surface area contributed by atoms with Gasteiger partial charge in [-0.1, -0.05) is 29.8 Å². The molecule has 1 rings (SSSR count). The van der Waals surface area contributed by atoms with E-state index in [1.807, 2.05) is 25.1 Å². The van der Waals surface area contributed by atoms with Gasteiger partial charge in [0.15, 0.2) is 0 Å². The molecule has 1 aromatic carbocycles. The number of thiocarbonyl (C=S) groups is 1. The summed E-state index contributed by atoms with van der Waals surface area (Å²) >= 11 is 4.34. The number of isothiocyanates is 1. The lowest BCUT2D eigenvalue weighted by Crippen LogP contribution is -1.95. The largest absolute Gasteiger partial charge is 0.272 e. The van der Waals surface area contributed by atoms with Gasteiger partial charge in [0.1, 0.15) is 0 Å². The summed E-state index contributed by atoms with van der Waals surface area (Å²) in [5.41, 5.74) is 2.35. The molecular weight excluding hydrogens is 194 g/mol. The molecule has 0 fully saturated rings. The number of carbonyl (C=O) groups is 1. The van der Waals surface area contributed by atoms with E-state index < -0.39 is 0 Å². The summed E-state index contributed by atoms with van der Waals surface area (Å²) in [6, 6.07) is 8.08. The molecule has 0 radical (unpaired) electrons. The summed E-state index contributed by atoms with van der Waals surface area (Å²) in [6.45, 7) is 2.03. The molecule has 0 N–H and O–H groups in total. The van der Waals surface area contributed by atoms with Crippen LogP contribution in [0.1, 0.15) is 17.5 Å². The van der Waals surface area contributed by atoms with E-state index >= 15 is 0 Å². The van der Waals surface area contributed by atoms with Crippen LogP contribution in [0.25, 0.3) is 0 Å². The van der Waals surface area contributed by atoms with Gasteiger partial charge in [-0.15, -0.1) is 0 Å². The molecule has 1 aromatic rings. The van der Waals surface area contributed by atoms with Crippen molar-refractivity contribution in [2.24, 2.45) is 4.99 Å². The molecule has 0 bridgehead atoms. The van der Waals surface area contributed by atoms with Crippen LogP contribution in [0.4, 0.5) is 0 Å². The molecule has 0 saturated heterocycles. The van der Waals surface area contributed by atoms with Crippen LogP contribution in [-0.4, -0.2) is 11.1 Å². The van der Waals surface area contributed by atoms with Crippen molar-refractivity contribution in [3.8, 4) is 0 Å². The van der Waals surface area contributed by atoms with E-state index in [-0.39, 0.29) is 5.91 Å². The molecule has 14 heavy (non-hydrogen) atoms. The molecule has 72 valence electrons. The van der Waals surface area contributed by atoms with Crippen LogP contribution < -0.4 is 0 Å². The van der Waals surface area contributed by atoms with Crippen LogP contribution in [0.15, 0.2) is 29.3 Å². The van der Waals surface area contributed by atoms with E-state index in [1.54, 1.807) is 0 Å². The van der Waals surface area contributed by atoms with Crippen molar-refractivity contribution < 1.29 is 4.79 Å². The third kappa shape index (κ3) is 3.60. The number of nitrogens with zero attached hydrogens (tertiary/aromatic N) is 1. The van der Waals surface area contributed by atoms with Gasteiger partial charge in [0.25, 0.3) is 5.91 Å². The molecule has 0 heterocycles. The van der Waals surface area contributed by atoms with E-state index in [1.165, 1.54) is 5.56 Å². The Labute approximate surface area is 88.7 Å². The first-order chi connectivity index (χ1) is 6.72. The Morgan fingerprint density at radius 1 is 1.57 bits per heavy atom. The fourth-order valence-corrected chi connectivity index (χ4v) is 1.33. The van der Waals surface area contributed by atoms with Gasteiger partial charge in [0.05, 0.1) is 5.16 Å². The second-order valence-corrected chi connectivity index (χ2v) is 3.27. The Kier molecular flexibility index (Phi) is 4.17. The molecule has 0 unspecified atom stereocenters. The lowest BCUT2D eigenvalue weighted by molar-refractivity contribution is -0.117. The maximum Gasteiger partial charge on any atom is 0.254 e. The smallest absolute Gasteiger partial charge is 0.254 e. The fourth-order valence-electron chi connectivity index (χ4n) is 1.23. The minimum absolute atomic E-state index is 0.207. The minimum Gasteiger partial charge on any atom is -0.272 e. The summed E-state index contributed by atoms with van der Waals surface area (Å²) in [5, 5.41) is 2.07. The quantitative estimate of drug-likeness (QED) is 0.560. The number of benzene rings is 1. The van der Waals surface area contributed by atoms with Crippen LogP contribution in [0, 0.1) is 6.92 Å². The maximum absolute atomic E-state index is 11.0. The predicted octanol–water partition coefficient (Wildman–Crippen LogP) is 2.56. The molecule has 0 aliphatic heterocycles. The molecular formula is C11H11NOS. The normalized spacial score (nSPS) is 9.21. The number of rotatable bonds is 3. The van der Waals surface area contributed by atoms with E-state index in [4.69, 9.17) is 0 Å². The summed E-state index contributed by atoms with van der Waals surface area (Å²) in [4.78, 5) is 14.4. The maximum atomic E-state index is 11.0. The zero-order valence-electron chi connectivity index (χ0n) is 7.99. The minimum atomic E-state index is -0.207. The van der Waals surface area contributed by atoms with Gasteiger partial charge in [-0.05, 0) is 31.1 Å². The number of amides is 1. The van der Waals surface area contributed by atoms with Crippen molar-refractivity contribution >= 4 is 23.3 Å². The summed E-state index contributed by atoms with van der Waals surface area (Å²) in [7, 11) is 0. The van der Waals surface area contributed by atoms with Crippen molar-refractivity contribution in [2.45, 2.75) is 19.8 Å². The number of aryl methyl sites for hydroxylation is 2. The van der Waals surface area contributed by atoms with Crippen LogP contribution in [0.2, 0.25) is 0 Å². The summed E-state index contributed by atoms with van der Waals surface area (Å²) in [6.07, 6.45) is 1.11. The van der Waals surface area contributed by atoms with Gasteiger partial charge in [-0.25, -0.2) is 0 Å². The van der Waals surface area contributed by atoms with Gasteiger partial charge in [0, 0.05) is 6.42 Å². The molecule has 2 nitrogen and oxygen atoms in total. The first-order valence-corrected chi connectivity index (χ1v) is 4.79. The summed E-state index contributed by atoms with van der Waals surface area (Å²) < 4.78 is 0. The molecule has 0 aliphatic carbocycles. The highest BCUT2D eigenvalue weighted by Gasteiger charge is 1.99. The molecule has 0 saturated carbocycles. The zero-order valence-corrected chi connectivity index (χ0v) is 8.80. The average Bonchev–Trinajstić information content (AvgIpc) is 2.15. The van der Waals surface area contributed by atoms with Crippen molar-refractivity contribution in [2.75, 3.05) is 0 Å². The lowest BCUT2D eigenvalue weighted by Gasteiger charge is -1.99. The zero-order chi connectivity index (χ0) is 10.4. The highest BCUT2D eigenvalue weighted by molar-refractivity contribution is 7.78. The van der Waals surface area contributed by atoms with Crippen molar-refractivity contribution in [3.63, 3.8) is 0 Å². The Morgan fingerprint density at radius 2 is 2.36 bits per heavy atom. The molecule has 0 aromatic heterocycles. The van der Waals surface area contributed by atoms with E-state index in [2.05, 4.69) is 28.4 Å². The second-order valence-electron chi connectivity index (χ2n) is 3.09. The first-order valence-electron chi connectivity index (χ1n) is 4.38. The van der Waals surface area contributed by atoms with Crippen molar-refractivity contribution in [3.05, 3.63) is 35.4 Å². The highest BCUT2D eigenvalue weighted by Crippen LogP contribution is 2.06. The Hall–Kier alpha value is -1.31. The van der Waals surface area contributed by atoms with Gasteiger partial charge >= 0.3 is 0 Å². The third-order valence-electron chi connectivity index (χ3n) is 1.88. The Morgan fingerprint density at radius 3 is 3.00 bits per heavy atom. The molecule has 0 atom stereocenters. The standard InChI is InChI=1S/C11H11NOS/c1-9-3-2-4-10(7-9)5-6-11(13)12-8-14/h2-4,7H,5-6H2,1H3. The topological polar surface area (TPSA) is 29.4 Å². The number of hydrogen-bond acceptors (Lipinski definition) is 2. The molecule has 1 amide bonds. The van der Waals surface area contributed by atoms with E-state index in [0.29, 0.717) is 12.8 Å². The van der Waals surface area contributed by atoms with E-state index in [0.717, 1.165) is 5.56 Å². The van der Waals surface area contributed by atoms with Crippen molar-refractivity contribution in [1.82, 2.24) is 0 Å². The molecule has 3 heteroatoms. The number of aliphatic imine (C=N–C) groups is 1. The fraction of sp³-hybridized carbons (Fsp3) is 0.273. The number of carbonyl (C=O) groups excluding carboxylic acids is 1. The monoisotopic (exact) mass is 205 g/mol. The van der Waals surface area contributed by atoms with Gasteiger partial charge < -0.3 is 0 Å². The average molecular weight is 205 g/mol. The lowest BCUT2D eigenvalue weighted by atomic mass is 10.1. The SMILES string of the molecule is Cc1cccc(CCC(=O)N=C=S)c1. The number of hydrogen-bond donors (Lipinski definition) is 0. The highest BCUT2D eigenvalue weighted by atomic mass is 32.1. The first kappa shape index (κ1) is 10.8. The van der Waals surface area contributed by atoms with Gasteiger partial charge in [-0.3, -0.25) is 4.79 Å². The van der Waals surface area contributed by atoms with Gasteiger partial charge in [0.2, 0.25) is 0 Å².